The average molecular weight is 312 g/mol. The summed E-state index contributed by atoms with van der Waals surface area (Å²) in [6.45, 7) is -1.02. The molecule has 1 rings (SSSR count). The van der Waals surface area contributed by atoms with E-state index in [1.807, 2.05) is 0 Å². The number of likely N-dealkylation sites (N-methyl/N-ethyl adjacent to an activating group) is 2. The quantitative estimate of drug-likeness (QED) is 0.714. The van der Waals surface area contributed by atoms with Crippen LogP contribution in [0.3, 0.4) is 0 Å². The summed E-state index contributed by atoms with van der Waals surface area (Å²) in [5.41, 5.74) is 0. The van der Waals surface area contributed by atoms with Crippen LogP contribution >= 0.6 is 0 Å². The van der Waals surface area contributed by atoms with E-state index < -0.39 is 30.9 Å². The molecule has 1 aromatic rings. The molecule has 0 aromatic heterocycles. The minimum absolute atomic E-state index is 0.126. The molecule has 0 heterocycles. The molecule has 120 valence electrons. The highest BCUT2D eigenvalue weighted by atomic mass is 19.1. The largest absolute Gasteiger partial charge is 0.482 e. The van der Waals surface area contributed by atoms with Gasteiger partial charge in [0.2, 0.25) is 5.91 Å². The molecule has 0 aliphatic rings. The van der Waals surface area contributed by atoms with Gasteiger partial charge in [-0.15, -0.1) is 0 Å². The van der Waals surface area contributed by atoms with Crippen LogP contribution in [-0.2, 0) is 19.1 Å². The number of benzene rings is 1. The number of carbonyl (C=O) groups excluding carboxylic acids is 3. The van der Waals surface area contributed by atoms with Gasteiger partial charge in [-0.1, -0.05) is 0 Å². The second-order valence-electron chi connectivity index (χ2n) is 4.33. The molecule has 0 spiro atoms. The first-order chi connectivity index (χ1) is 10.4. The Morgan fingerprint density at radius 1 is 1.18 bits per heavy atom. The molecule has 0 bridgehead atoms. The van der Waals surface area contributed by atoms with E-state index in [0.29, 0.717) is 5.75 Å². The first kappa shape index (κ1) is 17.4. The fourth-order valence-electron chi connectivity index (χ4n) is 1.35. The van der Waals surface area contributed by atoms with Gasteiger partial charge in [0.05, 0.1) is 6.54 Å². The fraction of sp³-hybridized carbons (Fsp3) is 0.357. The lowest BCUT2D eigenvalue weighted by atomic mass is 10.3. The van der Waals surface area contributed by atoms with E-state index in [9.17, 15) is 18.8 Å². The molecule has 0 aliphatic carbocycles. The molecule has 1 aromatic carbocycles. The highest BCUT2D eigenvalue weighted by Gasteiger charge is 2.14. The van der Waals surface area contributed by atoms with Crippen molar-refractivity contribution in [1.29, 1.82) is 0 Å². The van der Waals surface area contributed by atoms with Gasteiger partial charge in [0.1, 0.15) is 11.6 Å². The molecule has 7 nitrogen and oxygen atoms in total. The van der Waals surface area contributed by atoms with Crippen molar-refractivity contribution in [2.75, 3.05) is 33.9 Å². The van der Waals surface area contributed by atoms with Crippen molar-refractivity contribution in [1.82, 2.24) is 10.2 Å². The highest BCUT2D eigenvalue weighted by Crippen LogP contribution is 2.10. The molecular formula is C14H17FN2O5. The van der Waals surface area contributed by atoms with Crippen LogP contribution in [0.4, 0.5) is 4.39 Å². The minimum atomic E-state index is -0.744. The number of hydrogen-bond acceptors (Lipinski definition) is 5. The van der Waals surface area contributed by atoms with Crippen molar-refractivity contribution in [3.63, 3.8) is 0 Å². The zero-order chi connectivity index (χ0) is 16.5. The van der Waals surface area contributed by atoms with Crippen molar-refractivity contribution in [2.24, 2.45) is 0 Å². The van der Waals surface area contributed by atoms with E-state index in [0.717, 1.165) is 4.90 Å². The first-order valence-electron chi connectivity index (χ1n) is 6.41. The summed E-state index contributed by atoms with van der Waals surface area (Å²) in [7, 11) is 2.87. The van der Waals surface area contributed by atoms with Crippen LogP contribution in [-0.4, -0.2) is 56.5 Å². The summed E-state index contributed by atoms with van der Waals surface area (Å²) >= 11 is 0. The molecule has 0 saturated heterocycles. The Hall–Kier alpha value is -2.64. The highest BCUT2D eigenvalue weighted by molar-refractivity contribution is 5.86. The van der Waals surface area contributed by atoms with Crippen LogP contribution < -0.4 is 10.1 Å². The predicted octanol–water partition coefficient (Wildman–Crippen LogP) is -0.0479. The summed E-state index contributed by atoms with van der Waals surface area (Å²) in [5.74, 6) is -1.70. The van der Waals surface area contributed by atoms with Gasteiger partial charge < -0.3 is 19.7 Å². The minimum Gasteiger partial charge on any atom is -0.482 e. The van der Waals surface area contributed by atoms with Gasteiger partial charge in [0.15, 0.2) is 13.2 Å². The van der Waals surface area contributed by atoms with E-state index in [1.165, 1.54) is 38.4 Å². The normalized spacial score (nSPS) is 9.77. The van der Waals surface area contributed by atoms with E-state index in [-0.39, 0.29) is 12.5 Å². The third-order valence-electron chi connectivity index (χ3n) is 2.61. The number of halogens is 1. The Bertz CT molecular complexity index is 533. The third-order valence-corrected chi connectivity index (χ3v) is 2.61. The number of nitrogens with one attached hydrogen (secondary N) is 1. The smallest absolute Gasteiger partial charge is 0.344 e. The van der Waals surface area contributed by atoms with Crippen LogP contribution in [0.15, 0.2) is 24.3 Å². The molecule has 0 fully saturated rings. The summed E-state index contributed by atoms with van der Waals surface area (Å²) < 4.78 is 22.5. The lowest BCUT2D eigenvalue weighted by Crippen LogP contribution is -2.39. The molecule has 8 heteroatoms. The molecule has 0 atom stereocenters. The van der Waals surface area contributed by atoms with Gasteiger partial charge >= 0.3 is 5.97 Å². The number of amides is 2. The van der Waals surface area contributed by atoms with Crippen molar-refractivity contribution < 1.29 is 28.2 Å². The maximum atomic E-state index is 12.7. The number of esters is 1. The van der Waals surface area contributed by atoms with Crippen LogP contribution in [0.5, 0.6) is 5.75 Å². The monoisotopic (exact) mass is 312 g/mol. The predicted molar refractivity (Wildman–Crippen MR) is 74.6 cm³/mol. The van der Waals surface area contributed by atoms with E-state index in [4.69, 9.17) is 9.47 Å². The standard InChI is InChI=1S/C14H17FN2O5/c1-16-12(18)7-17(2)13(19)8-22-14(20)9-21-11-5-3-10(15)4-6-11/h3-6H,7-9H2,1-2H3,(H,16,18). The number of hydrogen-bond donors (Lipinski definition) is 1. The first-order valence-corrected chi connectivity index (χ1v) is 6.41. The van der Waals surface area contributed by atoms with Gasteiger partial charge in [-0.3, -0.25) is 9.59 Å². The topological polar surface area (TPSA) is 84.9 Å². The molecule has 0 radical (unpaired) electrons. The maximum Gasteiger partial charge on any atom is 0.344 e. The van der Waals surface area contributed by atoms with Gasteiger partial charge in [-0.25, -0.2) is 9.18 Å². The van der Waals surface area contributed by atoms with Crippen LogP contribution in [0.1, 0.15) is 0 Å². The average Bonchev–Trinajstić information content (AvgIpc) is 2.51. The molecule has 0 unspecified atom stereocenters. The van der Waals surface area contributed by atoms with E-state index in [2.05, 4.69) is 5.32 Å². The van der Waals surface area contributed by atoms with Gasteiger partial charge in [0.25, 0.3) is 5.91 Å². The zero-order valence-electron chi connectivity index (χ0n) is 12.3. The number of rotatable bonds is 7. The van der Waals surface area contributed by atoms with Crippen molar-refractivity contribution in [3.05, 3.63) is 30.1 Å². The van der Waals surface area contributed by atoms with Crippen LogP contribution in [0.25, 0.3) is 0 Å². The number of ether oxygens (including phenoxy) is 2. The number of nitrogens with zero attached hydrogens (tertiary/aromatic N) is 1. The lowest BCUT2D eigenvalue weighted by Gasteiger charge is -2.15. The zero-order valence-corrected chi connectivity index (χ0v) is 12.3. The fourth-order valence-corrected chi connectivity index (χ4v) is 1.35. The van der Waals surface area contributed by atoms with E-state index in [1.54, 1.807) is 0 Å². The summed E-state index contributed by atoms with van der Waals surface area (Å²) in [6, 6.07) is 5.12. The Kier molecular flexibility index (Phi) is 6.81. The second kappa shape index (κ2) is 8.60. The van der Waals surface area contributed by atoms with Crippen LogP contribution in [0.2, 0.25) is 0 Å². The Balaban J connectivity index is 2.29. The summed E-state index contributed by atoms with van der Waals surface area (Å²) in [6.07, 6.45) is 0. The lowest BCUT2D eigenvalue weighted by molar-refractivity contribution is -0.153. The molecule has 0 saturated carbocycles. The van der Waals surface area contributed by atoms with Crippen molar-refractivity contribution >= 4 is 17.8 Å². The van der Waals surface area contributed by atoms with E-state index >= 15 is 0 Å². The molecule has 1 N–H and O–H groups in total. The second-order valence-corrected chi connectivity index (χ2v) is 4.33. The maximum absolute atomic E-state index is 12.7. The Morgan fingerprint density at radius 3 is 2.41 bits per heavy atom. The van der Waals surface area contributed by atoms with Crippen LogP contribution in [0, 0.1) is 5.82 Å². The Labute approximate surface area is 127 Å². The Morgan fingerprint density at radius 2 is 1.82 bits per heavy atom. The molecule has 0 aliphatic heterocycles. The van der Waals surface area contributed by atoms with Gasteiger partial charge in [-0.2, -0.15) is 0 Å². The molecule has 22 heavy (non-hydrogen) atoms. The summed E-state index contributed by atoms with van der Waals surface area (Å²) in [5, 5.41) is 2.37. The summed E-state index contributed by atoms with van der Waals surface area (Å²) in [4.78, 5) is 35.2. The molecule has 2 amide bonds. The number of carbonyl (C=O) groups is 3. The van der Waals surface area contributed by atoms with Crippen molar-refractivity contribution in [3.8, 4) is 5.75 Å². The molecular weight excluding hydrogens is 295 g/mol. The van der Waals surface area contributed by atoms with Gasteiger partial charge in [-0.05, 0) is 24.3 Å². The third kappa shape index (κ3) is 6.21. The van der Waals surface area contributed by atoms with Crippen molar-refractivity contribution in [2.45, 2.75) is 0 Å². The van der Waals surface area contributed by atoms with Gasteiger partial charge in [0, 0.05) is 14.1 Å². The SMILES string of the molecule is CNC(=O)CN(C)C(=O)COC(=O)COc1ccc(F)cc1.